The normalized spacial score (nSPS) is 17.0. The SMILES string of the molecule is CCN(Cc1ccccc1)C(=O)[C@H](C)[NH+]1CCN(S(=O)(=O)c2ccccc2)CC1. The molecule has 1 N–H and O–H groups in total. The van der Waals surface area contributed by atoms with Crippen LogP contribution in [0, 0.1) is 0 Å². The van der Waals surface area contributed by atoms with Crippen molar-refractivity contribution >= 4 is 15.9 Å². The van der Waals surface area contributed by atoms with E-state index < -0.39 is 10.0 Å². The lowest BCUT2D eigenvalue weighted by Gasteiger charge is -2.35. The molecule has 0 radical (unpaired) electrons. The summed E-state index contributed by atoms with van der Waals surface area (Å²) in [5, 5.41) is 0. The van der Waals surface area contributed by atoms with Crippen molar-refractivity contribution in [1.29, 1.82) is 0 Å². The molecule has 2 aromatic carbocycles. The molecule has 6 nitrogen and oxygen atoms in total. The van der Waals surface area contributed by atoms with Gasteiger partial charge in [0.05, 0.1) is 31.1 Å². The number of nitrogens with zero attached hydrogens (tertiary/aromatic N) is 2. The largest absolute Gasteiger partial charge is 0.334 e. The number of amides is 1. The Morgan fingerprint density at radius 1 is 1.03 bits per heavy atom. The summed E-state index contributed by atoms with van der Waals surface area (Å²) in [5.74, 6) is 0.116. The number of quaternary nitrogens is 1. The molecule has 0 unspecified atom stereocenters. The zero-order valence-electron chi connectivity index (χ0n) is 17.1. The molecule has 0 aromatic heterocycles. The molecule has 1 heterocycles. The van der Waals surface area contributed by atoms with Crippen molar-refractivity contribution in [1.82, 2.24) is 9.21 Å². The first-order valence-corrected chi connectivity index (χ1v) is 11.6. The van der Waals surface area contributed by atoms with Crippen LogP contribution < -0.4 is 4.90 Å². The summed E-state index contributed by atoms with van der Waals surface area (Å²) in [4.78, 5) is 16.4. The number of nitrogens with one attached hydrogen (secondary N) is 1. The second-order valence-corrected chi connectivity index (χ2v) is 9.37. The van der Waals surface area contributed by atoms with Gasteiger partial charge in [-0.15, -0.1) is 0 Å². The van der Waals surface area contributed by atoms with Gasteiger partial charge in [0.1, 0.15) is 0 Å². The van der Waals surface area contributed by atoms with Gasteiger partial charge in [0, 0.05) is 13.1 Å². The van der Waals surface area contributed by atoms with Crippen molar-refractivity contribution in [3.8, 4) is 0 Å². The van der Waals surface area contributed by atoms with Crippen molar-refractivity contribution < 1.29 is 18.1 Å². The molecule has 1 amide bonds. The highest BCUT2D eigenvalue weighted by Crippen LogP contribution is 2.15. The van der Waals surface area contributed by atoms with E-state index in [9.17, 15) is 13.2 Å². The molecular formula is C22H30N3O3S+. The number of carbonyl (C=O) groups is 1. The van der Waals surface area contributed by atoms with E-state index >= 15 is 0 Å². The summed E-state index contributed by atoms with van der Waals surface area (Å²) in [6.45, 7) is 7.30. The smallest absolute Gasteiger partial charge is 0.280 e. The fourth-order valence-corrected chi connectivity index (χ4v) is 5.25. The monoisotopic (exact) mass is 416 g/mol. The van der Waals surface area contributed by atoms with Crippen LogP contribution in [0.2, 0.25) is 0 Å². The Labute approximate surface area is 173 Å². The maximum Gasteiger partial charge on any atom is 0.280 e. The molecule has 1 fully saturated rings. The minimum Gasteiger partial charge on any atom is -0.334 e. The van der Waals surface area contributed by atoms with Gasteiger partial charge in [0.25, 0.3) is 5.91 Å². The molecule has 1 aliphatic rings. The zero-order valence-corrected chi connectivity index (χ0v) is 17.9. The van der Waals surface area contributed by atoms with Gasteiger partial charge in [-0.1, -0.05) is 48.5 Å². The van der Waals surface area contributed by atoms with Gasteiger partial charge >= 0.3 is 0 Å². The molecule has 0 bridgehead atoms. The number of hydrogen-bond acceptors (Lipinski definition) is 3. The highest BCUT2D eigenvalue weighted by atomic mass is 32.2. The standard InChI is InChI=1S/C22H29N3O3S/c1-3-23(18-20-10-6-4-7-11-20)22(26)19(2)24-14-16-25(17-15-24)29(27,28)21-12-8-5-9-13-21/h4-13,19H,3,14-18H2,1-2H3/p+1/t19-/m0/s1. The van der Waals surface area contributed by atoms with Crippen LogP contribution in [0.3, 0.4) is 0 Å². The molecule has 1 atom stereocenters. The van der Waals surface area contributed by atoms with Crippen molar-refractivity contribution in [2.75, 3.05) is 32.7 Å². The second-order valence-electron chi connectivity index (χ2n) is 7.44. The van der Waals surface area contributed by atoms with Crippen molar-refractivity contribution in [2.45, 2.75) is 31.3 Å². The number of benzene rings is 2. The van der Waals surface area contributed by atoms with Crippen LogP contribution in [0.25, 0.3) is 0 Å². The van der Waals surface area contributed by atoms with Gasteiger partial charge in [0.15, 0.2) is 6.04 Å². The average Bonchev–Trinajstić information content (AvgIpc) is 2.78. The number of carbonyl (C=O) groups excluding carboxylic acids is 1. The first-order valence-electron chi connectivity index (χ1n) is 10.2. The molecule has 0 saturated carbocycles. The van der Waals surface area contributed by atoms with Crippen molar-refractivity contribution in [2.24, 2.45) is 0 Å². The lowest BCUT2D eigenvalue weighted by Crippen LogP contribution is -3.19. The molecule has 0 aliphatic carbocycles. The Morgan fingerprint density at radius 3 is 2.14 bits per heavy atom. The Morgan fingerprint density at radius 2 is 1.59 bits per heavy atom. The number of hydrogen-bond donors (Lipinski definition) is 1. The van der Waals surface area contributed by atoms with E-state index in [-0.39, 0.29) is 11.9 Å². The lowest BCUT2D eigenvalue weighted by molar-refractivity contribution is -0.918. The van der Waals surface area contributed by atoms with E-state index in [4.69, 9.17) is 0 Å². The van der Waals surface area contributed by atoms with Gasteiger partial charge in [-0.2, -0.15) is 4.31 Å². The van der Waals surface area contributed by atoms with E-state index in [2.05, 4.69) is 0 Å². The molecule has 29 heavy (non-hydrogen) atoms. The summed E-state index contributed by atoms with van der Waals surface area (Å²) < 4.78 is 27.1. The first kappa shape index (κ1) is 21.5. The summed E-state index contributed by atoms with van der Waals surface area (Å²) in [7, 11) is -3.47. The summed E-state index contributed by atoms with van der Waals surface area (Å²) >= 11 is 0. The number of sulfonamides is 1. The summed E-state index contributed by atoms with van der Waals surface area (Å²) in [6.07, 6.45) is 0. The molecule has 3 rings (SSSR count). The third kappa shape index (κ3) is 5.04. The topological polar surface area (TPSA) is 62.1 Å². The highest BCUT2D eigenvalue weighted by Gasteiger charge is 2.35. The minimum atomic E-state index is -3.47. The molecule has 1 aliphatic heterocycles. The predicted octanol–water partition coefficient (Wildman–Crippen LogP) is 1.01. The maximum atomic E-state index is 13.1. The average molecular weight is 417 g/mol. The van der Waals surface area contributed by atoms with Crippen LogP contribution in [0.1, 0.15) is 19.4 Å². The molecule has 7 heteroatoms. The third-order valence-electron chi connectivity index (χ3n) is 5.64. The number of rotatable bonds is 7. The van der Waals surface area contributed by atoms with E-state index in [1.807, 2.05) is 55.1 Å². The van der Waals surface area contributed by atoms with Crippen LogP contribution >= 0.6 is 0 Å². The molecule has 0 spiro atoms. The Bertz CT molecular complexity index is 895. The fraction of sp³-hybridized carbons (Fsp3) is 0.409. The van der Waals surface area contributed by atoms with Gasteiger partial charge in [0.2, 0.25) is 10.0 Å². The molecule has 1 saturated heterocycles. The zero-order chi connectivity index (χ0) is 20.9. The predicted molar refractivity (Wildman–Crippen MR) is 113 cm³/mol. The Hall–Kier alpha value is -2.22. The van der Waals surface area contributed by atoms with Crippen LogP contribution in [-0.2, 0) is 21.4 Å². The van der Waals surface area contributed by atoms with Gasteiger partial charge in [-0.05, 0) is 31.5 Å². The quantitative estimate of drug-likeness (QED) is 0.733. The second kappa shape index (κ2) is 9.52. The van der Waals surface area contributed by atoms with Crippen LogP contribution in [0.4, 0.5) is 0 Å². The summed E-state index contributed by atoms with van der Waals surface area (Å²) in [5.41, 5.74) is 1.11. The Kier molecular flexibility index (Phi) is 7.05. The van der Waals surface area contributed by atoms with Gasteiger partial charge < -0.3 is 9.80 Å². The van der Waals surface area contributed by atoms with E-state index in [0.717, 1.165) is 10.5 Å². The van der Waals surface area contributed by atoms with Crippen molar-refractivity contribution in [3.05, 3.63) is 66.2 Å². The highest BCUT2D eigenvalue weighted by molar-refractivity contribution is 7.89. The van der Waals surface area contributed by atoms with Gasteiger partial charge in [-0.25, -0.2) is 8.42 Å². The van der Waals surface area contributed by atoms with Crippen LogP contribution in [0.5, 0.6) is 0 Å². The maximum absolute atomic E-state index is 13.1. The van der Waals surface area contributed by atoms with Gasteiger partial charge in [-0.3, -0.25) is 4.79 Å². The fourth-order valence-electron chi connectivity index (χ4n) is 3.79. The number of piperazine rings is 1. The minimum absolute atomic E-state index is 0.116. The molecular weight excluding hydrogens is 386 g/mol. The Balaban J connectivity index is 1.60. The van der Waals surface area contributed by atoms with E-state index in [1.54, 1.807) is 24.3 Å². The number of likely N-dealkylation sites (N-methyl/N-ethyl adjacent to an activating group) is 1. The van der Waals surface area contributed by atoms with Crippen LogP contribution in [0.15, 0.2) is 65.6 Å². The third-order valence-corrected chi connectivity index (χ3v) is 7.55. The lowest BCUT2D eigenvalue weighted by atomic mass is 10.1. The van der Waals surface area contributed by atoms with Crippen LogP contribution in [-0.4, -0.2) is 62.3 Å². The van der Waals surface area contributed by atoms with E-state index in [1.165, 1.54) is 4.31 Å². The van der Waals surface area contributed by atoms with E-state index in [0.29, 0.717) is 44.2 Å². The summed E-state index contributed by atoms with van der Waals surface area (Å²) in [6, 6.07) is 18.3. The first-order chi connectivity index (χ1) is 13.9. The van der Waals surface area contributed by atoms with Crippen molar-refractivity contribution in [3.63, 3.8) is 0 Å². The molecule has 156 valence electrons. The molecule has 2 aromatic rings.